The number of aryl methyl sites for hydroxylation is 2. The SMILES string of the molecule is COC/C(C(=N)c1cc(C(=O)N2CC(c3ccc(C#N)cc3)C2)c(C)cc1C)=C(\C)N. The van der Waals surface area contributed by atoms with Crippen molar-refractivity contribution < 1.29 is 9.53 Å². The number of methoxy groups -OCH3 is 1. The molecule has 0 aliphatic carbocycles. The Bertz CT molecular complexity index is 1080. The van der Waals surface area contributed by atoms with Gasteiger partial charge in [0.1, 0.15) is 0 Å². The van der Waals surface area contributed by atoms with E-state index in [1.165, 1.54) is 0 Å². The first-order chi connectivity index (χ1) is 14.8. The number of nitrogens with two attached hydrogens (primary N) is 1. The van der Waals surface area contributed by atoms with Gasteiger partial charge in [0.2, 0.25) is 0 Å². The molecule has 160 valence electrons. The topological polar surface area (TPSA) is 103 Å². The maximum atomic E-state index is 13.2. The quantitative estimate of drug-likeness (QED) is 0.701. The molecule has 6 heteroatoms. The van der Waals surface area contributed by atoms with Crippen LogP contribution >= 0.6 is 0 Å². The van der Waals surface area contributed by atoms with Gasteiger partial charge >= 0.3 is 0 Å². The normalized spacial score (nSPS) is 14.5. The van der Waals surface area contributed by atoms with Crippen molar-refractivity contribution in [1.82, 2.24) is 4.90 Å². The summed E-state index contributed by atoms with van der Waals surface area (Å²) in [5.74, 6) is 0.245. The molecule has 2 aromatic rings. The van der Waals surface area contributed by atoms with Crippen molar-refractivity contribution in [2.45, 2.75) is 26.7 Å². The van der Waals surface area contributed by atoms with Crippen LogP contribution in [0.2, 0.25) is 0 Å². The lowest BCUT2D eigenvalue weighted by Gasteiger charge is -2.40. The van der Waals surface area contributed by atoms with Crippen LogP contribution in [0.15, 0.2) is 47.7 Å². The average molecular weight is 417 g/mol. The van der Waals surface area contributed by atoms with Gasteiger partial charge in [-0.3, -0.25) is 10.2 Å². The minimum absolute atomic E-state index is 0.0295. The number of allylic oxidation sites excluding steroid dienone is 1. The average Bonchev–Trinajstić information content (AvgIpc) is 2.70. The number of hydrogen-bond acceptors (Lipinski definition) is 5. The number of likely N-dealkylation sites (tertiary alicyclic amines) is 1. The summed E-state index contributed by atoms with van der Waals surface area (Å²) >= 11 is 0. The third kappa shape index (κ3) is 4.52. The molecule has 1 aliphatic heterocycles. The van der Waals surface area contributed by atoms with Crippen LogP contribution in [0.1, 0.15) is 51.0 Å². The van der Waals surface area contributed by atoms with Gasteiger partial charge in [0.05, 0.1) is 24.0 Å². The smallest absolute Gasteiger partial charge is 0.254 e. The van der Waals surface area contributed by atoms with Crippen LogP contribution in [0, 0.1) is 30.6 Å². The molecule has 3 N–H and O–H groups in total. The third-order valence-corrected chi connectivity index (χ3v) is 5.82. The fraction of sp³-hybridized carbons (Fsp3) is 0.320. The van der Waals surface area contributed by atoms with Crippen molar-refractivity contribution in [2.24, 2.45) is 5.73 Å². The molecule has 31 heavy (non-hydrogen) atoms. The summed E-state index contributed by atoms with van der Waals surface area (Å²) in [5, 5.41) is 17.6. The Labute approximate surface area is 183 Å². The number of benzene rings is 2. The number of nitrogens with zero attached hydrogens (tertiary/aromatic N) is 2. The minimum Gasteiger partial charge on any atom is -0.402 e. The number of nitriles is 1. The maximum absolute atomic E-state index is 13.2. The second-order valence-corrected chi connectivity index (χ2v) is 8.09. The van der Waals surface area contributed by atoms with Crippen LogP contribution < -0.4 is 5.73 Å². The Morgan fingerprint density at radius 1 is 1.19 bits per heavy atom. The van der Waals surface area contributed by atoms with Gasteiger partial charge in [-0.05, 0) is 55.7 Å². The molecule has 1 heterocycles. The number of ether oxygens (including phenoxy) is 1. The molecule has 0 saturated carbocycles. The molecule has 0 spiro atoms. The predicted molar refractivity (Wildman–Crippen MR) is 121 cm³/mol. The number of amides is 1. The third-order valence-electron chi connectivity index (χ3n) is 5.82. The fourth-order valence-electron chi connectivity index (χ4n) is 3.90. The van der Waals surface area contributed by atoms with Crippen LogP contribution in [0.3, 0.4) is 0 Å². The first-order valence-corrected chi connectivity index (χ1v) is 10.2. The van der Waals surface area contributed by atoms with E-state index in [9.17, 15) is 4.79 Å². The summed E-state index contributed by atoms with van der Waals surface area (Å²) < 4.78 is 5.21. The zero-order valence-electron chi connectivity index (χ0n) is 18.5. The highest BCUT2D eigenvalue weighted by Crippen LogP contribution is 2.30. The molecule has 2 aromatic carbocycles. The van der Waals surface area contributed by atoms with Gasteiger partial charge in [0.25, 0.3) is 5.91 Å². The molecule has 1 amide bonds. The summed E-state index contributed by atoms with van der Waals surface area (Å²) in [4.78, 5) is 15.0. The Morgan fingerprint density at radius 2 is 1.81 bits per heavy atom. The maximum Gasteiger partial charge on any atom is 0.254 e. The highest BCUT2D eigenvalue weighted by Gasteiger charge is 2.33. The van der Waals surface area contributed by atoms with Crippen LogP contribution in [-0.4, -0.2) is 43.3 Å². The first-order valence-electron chi connectivity index (χ1n) is 10.2. The van der Waals surface area contributed by atoms with E-state index < -0.39 is 0 Å². The van der Waals surface area contributed by atoms with E-state index >= 15 is 0 Å². The molecule has 1 aliphatic rings. The van der Waals surface area contributed by atoms with Crippen LogP contribution in [0.25, 0.3) is 0 Å². The zero-order valence-corrected chi connectivity index (χ0v) is 18.5. The molecule has 0 radical (unpaired) electrons. The van der Waals surface area contributed by atoms with E-state index in [0.717, 1.165) is 16.7 Å². The van der Waals surface area contributed by atoms with Gasteiger partial charge in [-0.25, -0.2) is 0 Å². The fourth-order valence-corrected chi connectivity index (χ4v) is 3.90. The number of hydrogen-bond donors (Lipinski definition) is 2. The molecule has 0 unspecified atom stereocenters. The number of nitrogens with one attached hydrogen (secondary N) is 1. The van der Waals surface area contributed by atoms with E-state index in [-0.39, 0.29) is 24.1 Å². The summed E-state index contributed by atoms with van der Waals surface area (Å²) in [7, 11) is 1.57. The molecule has 0 atom stereocenters. The van der Waals surface area contributed by atoms with Gasteiger partial charge in [0, 0.05) is 48.5 Å². The lowest BCUT2D eigenvalue weighted by Crippen LogP contribution is -2.48. The molecule has 0 bridgehead atoms. The summed E-state index contributed by atoms with van der Waals surface area (Å²) in [5.41, 5.74) is 12.3. The van der Waals surface area contributed by atoms with Crippen molar-refractivity contribution in [3.63, 3.8) is 0 Å². The molecular weight excluding hydrogens is 388 g/mol. The van der Waals surface area contributed by atoms with E-state index in [0.29, 0.717) is 41.1 Å². The van der Waals surface area contributed by atoms with Crippen LogP contribution in [-0.2, 0) is 4.74 Å². The lowest BCUT2D eigenvalue weighted by molar-refractivity contribution is 0.0601. The van der Waals surface area contributed by atoms with E-state index in [1.54, 1.807) is 14.0 Å². The van der Waals surface area contributed by atoms with E-state index in [1.807, 2.05) is 55.1 Å². The number of carbonyl (C=O) groups is 1. The van der Waals surface area contributed by atoms with Gasteiger partial charge in [-0.2, -0.15) is 5.26 Å². The largest absolute Gasteiger partial charge is 0.402 e. The molecule has 6 nitrogen and oxygen atoms in total. The van der Waals surface area contributed by atoms with Crippen molar-refractivity contribution in [3.8, 4) is 6.07 Å². The second kappa shape index (κ2) is 9.15. The highest BCUT2D eigenvalue weighted by atomic mass is 16.5. The second-order valence-electron chi connectivity index (χ2n) is 8.09. The van der Waals surface area contributed by atoms with Gasteiger partial charge < -0.3 is 15.4 Å². The monoisotopic (exact) mass is 416 g/mol. The number of carbonyl (C=O) groups excluding carboxylic acids is 1. The molecular formula is C25H28N4O2. The Morgan fingerprint density at radius 3 is 2.35 bits per heavy atom. The van der Waals surface area contributed by atoms with Gasteiger partial charge in [-0.15, -0.1) is 0 Å². The van der Waals surface area contributed by atoms with Crippen LogP contribution in [0.5, 0.6) is 0 Å². The molecule has 3 rings (SSSR count). The Balaban J connectivity index is 1.81. The Kier molecular flexibility index (Phi) is 6.57. The van der Waals surface area contributed by atoms with Crippen molar-refractivity contribution in [3.05, 3.63) is 81.0 Å². The lowest BCUT2D eigenvalue weighted by atomic mass is 9.88. The van der Waals surface area contributed by atoms with E-state index in [2.05, 4.69) is 6.07 Å². The molecule has 0 aromatic heterocycles. The van der Waals surface area contributed by atoms with Crippen molar-refractivity contribution in [2.75, 3.05) is 26.8 Å². The van der Waals surface area contributed by atoms with Gasteiger partial charge in [-0.1, -0.05) is 18.2 Å². The van der Waals surface area contributed by atoms with Gasteiger partial charge in [0.15, 0.2) is 0 Å². The minimum atomic E-state index is -0.0295. The Hall–Kier alpha value is -3.43. The first kappa shape index (κ1) is 22.3. The predicted octanol–water partition coefficient (Wildman–Crippen LogP) is 3.66. The summed E-state index contributed by atoms with van der Waals surface area (Å²) in [6.07, 6.45) is 0. The van der Waals surface area contributed by atoms with Crippen molar-refractivity contribution >= 4 is 11.6 Å². The van der Waals surface area contributed by atoms with Crippen molar-refractivity contribution in [1.29, 1.82) is 10.7 Å². The number of rotatable bonds is 6. The van der Waals surface area contributed by atoms with E-state index in [4.69, 9.17) is 21.1 Å². The van der Waals surface area contributed by atoms with Crippen LogP contribution in [0.4, 0.5) is 0 Å². The summed E-state index contributed by atoms with van der Waals surface area (Å²) in [6, 6.07) is 13.4. The standard InChI is InChI=1S/C25H28N4O2/c1-15-9-16(2)22(10-21(15)24(28)23(14-31-4)17(3)27)25(30)29-12-20(13-29)19-7-5-18(11-26)6-8-19/h5-10,20,28H,12-14,27H2,1-4H3/b23-17-,28-24?. The molecule has 1 saturated heterocycles. The highest BCUT2D eigenvalue weighted by molar-refractivity contribution is 6.13. The summed E-state index contributed by atoms with van der Waals surface area (Å²) in [6.45, 7) is 7.14. The molecule has 1 fully saturated rings. The zero-order chi connectivity index (χ0) is 22.7.